The first-order valence-corrected chi connectivity index (χ1v) is 11.9. The van der Waals surface area contributed by atoms with Gasteiger partial charge in [0.2, 0.25) is 0 Å². The predicted molar refractivity (Wildman–Crippen MR) is 114 cm³/mol. The van der Waals surface area contributed by atoms with Crippen molar-refractivity contribution in [3.63, 3.8) is 0 Å². The van der Waals surface area contributed by atoms with Crippen molar-refractivity contribution in [3.8, 4) is 0 Å². The Morgan fingerprint density at radius 2 is 2.06 bits per heavy atom. The molecule has 4 aliphatic carbocycles. The van der Waals surface area contributed by atoms with E-state index in [-0.39, 0.29) is 48.1 Å². The number of ketones is 1. The van der Waals surface area contributed by atoms with E-state index in [1.807, 2.05) is 13.0 Å². The lowest BCUT2D eigenvalue weighted by atomic mass is 9.45. The number of allylic oxidation sites excluding steroid dienone is 1. The molecule has 0 aromatic rings. The van der Waals surface area contributed by atoms with Crippen LogP contribution in [0.25, 0.3) is 0 Å². The van der Waals surface area contributed by atoms with Gasteiger partial charge in [0.1, 0.15) is 6.10 Å². The van der Waals surface area contributed by atoms with Crippen molar-refractivity contribution < 1.29 is 24.2 Å². The van der Waals surface area contributed by atoms with Crippen LogP contribution in [0, 0.1) is 34.5 Å². The molecule has 172 valence electrons. The van der Waals surface area contributed by atoms with Crippen molar-refractivity contribution in [1.29, 1.82) is 0 Å². The van der Waals surface area contributed by atoms with Crippen molar-refractivity contribution in [2.24, 2.45) is 39.7 Å². The Kier molecular flexibility index (Phi) is 5.30. The van der Waals surface area contributed by atoms with Crippen LogP contribution in [0.5, 0.6) is 0 Å². The number of hydrogen-bond acceptors (Lipinski definition) is 6. The largest absolute Gasteiger partial charge is 0.396 e. The number of carbonyl (C=O) groups is 1. The van der Waals surface area contributed by atoms with Crippen LogP contribution in [-0.2, 0) is 9.63 Å². The minimum Gasteiger partial charge on any atom is -0.396 e. The highest BCUT2D eigenvalue weighted by Crippen LogP contribution is 2.65. The summed E-state index contributed by atoms with van der Waals surface area (Å²) in [6, 6.07) is 0. The number of aliphatic hydroxyl groups excluding tert-OH is 2. The van der Waals surface area contributed by atoms with Crippen LogP contribution in [0.1, 0.15) is 52.4 Å². The molecule has 1 aliphatic heterocycles. The van der Waals surface area contributed by atoms with E-state index >= 15 is 0 Å². The smallest absolute Gasteiger partial charge is 0.173 e. The lowest BCUT2D eigenvalue weighted by molar-refractivity contribution is -0.146. The second kappa shape index (κ2) is 7.63. The molecule has 5 aliphatic rings. The molecular formula is C24H35FN2O4. The Morgan fingerprint density at radius 3 is 2.77 bits per heavy atom. The highest BCUT2D eigenvalue weighted by atomic mass is 19.1. The number of fused-ring (bicyclic) bond motifs is 5. The van der Waals surface area contributed by atoms with Gasteiger partial charge >= 0.3 is 0 Å². The van der Waals surface area contributed by atoms with Gasteiger partial charge in [-0.2, -0.15) is 0 Å². The molecule has 4 fully saturated rings. The molecule has 9 atom stereocenters. The molecule has 1 saturated heterocycles. The van der Waals surface area contributed by atoms with Crippen molar-refractivity contribution in [2.75, 3.05) is 19.7 Å². The van der Waals surface area contributed by atoms with E-state index in [1.54, 1.807) is 0 Å². The fraction of sp³-hybridized carbons (Fsp3) is 0.833. The van der Waals surface area contributed by atoms with Crippen molar-refractivity contribution in [2.45, 2.75) is 70.8 Å². The van der Waals surface area contributed by atoms with Gasteiger partial charge in [-0.3, -0.25) is 4.79 Å². The van der Waals surface area contributed by atoms with E-state index in [1.165, 1.54) is 0 Å². The zero-order valence-corrected chi connectivity index (χ0v) is 18.5. The number of alkyl halides is 1. The summed E-state index contributed by atoms with van der Waals surface area (Å²) in [6.07, 6.45) is 4.21. The maximum atomic E-state index is 14.5. The lowest BCUT2D eigenvalue weighted by Gasteiger charge is -2.60. The van der Waals surface area contributed by atoms with Crippen molar-refractivity contribution in [3.05, 3.63) is 11.6 Å². The lowest BCUT2D eigenvalue weighted by Crippen LogP contribution is -2.59. The van der Waals surface area contributed by atoms with Crippen molar-refractivity contribution >= 4 is 11.5 Å². The summed E-state index contributed by atoms with van der Waals surface area (Å²) in [5.41, 5.74) is 1.03. The molecule has 0 aromatic heterocycles. The Bertz CT molecular complexity index is 809. The number of hydrogen-bond donors (Lipinski definition) is 3. The standard InChI is InChI=1S/C24H35FN2O4/c1-23-6-3-13(27-31-14-5-8-26-11-14)9-17(23)15(12-28)21(29)20-16(23)4-7-24(2)18(20)10-19(25)22(24)30/h9,14-16,18-21,26,28-29H,3-8,10-12H2,1-2H3. The second-order valence-electron chi connectivity index (χ2n) is 10.9. The maximum absolute atomic E-state index is 14.5. The molecule has 0 aromatic carbocycles. The van der Waals surface area contributed by atoms with Gasteiger partial charge in [-0.05, 0) is 67.9 Å². The van der Waals surface area contributed by atoms with Crippen LogP contribution in [0.2, 0.25) is 0 Å². The normalized spacial score (nSPS) is 50.6. The van der Waals surface area contributed by atoms with E-state index in [9.17, 15) is 19.4 Å². The van der Waals surface area contributed by atoms with Gasteiger partial charge < -0.3 is 20.4 Å². The minimum absolute atomic E-state index is 0.0961. The number of oxime groups is 1. The van der Waals surface area contributed by atoms with E-state index in [2.05, 4.69) is 17.4 Å². The molecule has 31 heavy (non-hydrogen) atoms. The maximum Gasteiger partial charge on any atom is 0.173 e. The molecule has 6 nitrogen and oxygen atoms in total. The number of halogens is 1. The Balaban J connectivity index is 1.47. The molecule has 0 radical (unpaired) electrons. The molecule has 1 heterocycles. The first kappa shape index (κ1) is 21.5. The SMILES string of the molecule is CC12CCC3C(C(O)C(CO)C4=CC(=NOC5CCNC5)CCC43C)C1CC(F)C2=O. The van der Waals surface area contributed by atoms with E-state index in [0.717, 1.165) is 50.1 Å². The van der Waals surface area contributed by atoms with Crippen LogP contribution >= 0.6 is 0 Å². The first-order chi connectivity index (χ1) is 14.8. The second-order valence-corrected chi connectivity index (χ2v) is 10.9. The van der Waals surface area contributed by atoms with Gasteiger partial charge in [0.05, 0.1) is 18.4 Å². The molecular weight excluding hydrogens is 399 g/mol. The third-order valence-corrected chi connectivity index (χ3v) is 9.47. The monoisotopic (exact) mass is 434 g/mol. The number of rotatable bonds is 3. The molecule has 3 saturated carbocycles. The average molecular weight is 435 g/mol. The van der Waals surface area contributed by atoms with Gasteiger partial charge in [0, 0.05) is 24.3 Å². The van der Waals surface area contributed by atoms with Crippen molar-refractivity contribution in [1.82, 2.24) is 5.32 Å². The van der Waals surface area contributed by atoms with Gasteiger partial charge in [-0.1, -0.05) is 24.6 Å². The summed E-state index contributed by atoms with van der Waals surface area (Å²) in [7, 11) is 0. The first-order valence-electron chi connectivity index (χ1n) is 11.9. The quantitative estimate of drug-likeness (QED) is 0.594. The summed E-state index contributed by atoms with van der Waals surface area (Å²) in [4.78, 5) is 18.4. The summed E-state index contributed by atoms with van der Waals surface area (Å²) in [5, 5.41) is 29.4. The van der Waals surface area contributed by atoms with Gasteiger partial charge in [-0.15, -0.1) is 0 Å². The summed E-state index contributed by atoms with van der Waals surface area (Å²) >= 11 is 0. The van der Waals surface area contributed by atoms with Gasteiger partial charge in [0.15, 0.2) is 12.0 Å². The van der Waals surface area contributed by atoms with E-state index in [0.29, 0.717) is 6.42 Å². The fourth-order valence-electron chi connectivity index (χ4n) is 7.64. The van der Waals surface area contributed by atoms with Crippen LogP contribution in [0.15, 0.2) is 16.8 Å². The number of aliphatic hydroxyl groups is 2. The molecule has 0 amide bonds. The number of nitrogens with zero attached hydrogens (tertiary/aromatic N) is 1. The Labute approximate surface area is 183 Å². The average Bonchev–Trinajstić information content (AvgIpc) is 3.35. The highest BCUT2D eigenvalue weighted by molar-refractivity contribution is 5.96. The van der Waals surface area contributed by atoms with E-state index in [4.69, 9.17) is 4.84 Å². The number of Topliss-reactive ketones (excluding diaryl/α,β-unsaturated/α-hetero) is 1. The number of nitrogens with one attached hydrogen (secondary N) is 1. The third kappa shape index (κ3) is 3.14. The van der Waals surface area contributed by atoms with Crippen LogP contribution < -0.4 is 5.32 Å². The third-order valence-electron chi connectivity index (χ3n) is 9.47. The zero-order chi connectivity index (χ0) is 22.0. The highest BCUT2D eigenvalue weighted by Gasteiger charge is 2.65. The molecule has 9 unspecified atom stereocenters. The summed E-state index contributed by atoms with van der Waals surface area (Å²) < 4.78 is 14.5. The predicted octanol–water partition coefficient (Wildman–Crippen LogP) is 2.39. The summed E-state index contributed by atoms with van der Waals surface area (Å²) in [6.45, 7) is 5.71. The van der Waals surface area contributed by atoms with Crippen LogP contribution in [-0.4, -0.2) is 59.8 Å². The topological polar surface area (TPSA) is 91.2 Å². The minimum atomic E-state index is -1.43. The molecule has 0 spiro atoms. The molecule has 3 N–H and O–H groups in total. The zero-order valence-electron chi connectivity index (χ0n) is 18.5. The molecule has 7 heteroatoms. The van der Waals surface area contributed by atoms with Crippen LogP contribution in [0.3, 0.4) is 0 Å². The van der Waals surface area contributed by atoms with Gasteiger partial charge in [0.25, 0.3) is 0 Å². The Hall–Kier alpha value is -1.31. The van der Waals surface area contributed by atoms with Crippen LogP contribution in [0.4, 0.5) is 4.39 Å². The van der Waals surface area contributed by atoms with Gasteiger partial charge in [-0.25, -0.2) is 4.39 Å². The Morgan fingerprint density at radius 1 is 1.26 bits per heavy atom. The number of carbonyl (C=O) groups excluding carboxylic acids is 1. The molecule has 5 rings (SSSR count). The molecule has 0 bridgehead atoms. The van der Waals surface area contributed by atoms with E-state index < -0.39 is 23.6 Å². The summed E-state index contributed by atoms with van der Waals surface area (Å²) in [5.74, 6) is -0.853. The fourth-order valence-corrected chi connectivity index (χ4v) is 7.64.